The molecule has 0 spiro atoms. The lowest BCUT2D eigenvalue weighted by atomic mass is 10.1. The molecular weight excluding hydrogens is 240 g/mol. The topological polar surface area (TPSA) is 64.3 Å². The van der Waals surface area contributed by atoms with Crippen molar-refractivity contribution in [3.8, 4) is 5.88 Å². The van der Waals surface area contributed by atoms with Crippen molar-refractivity contribution in [1.29, 1.82) is 0 Å². The number of aromatic nitrogens is 2. The van der Waals surface area contributed by atoms with E-state index in [1.165, 1.54) is 0 Å². The van der Waals surface area contributed by atoms with Gasteiger partial charge in [-0.15, -0.1) is 0 Å². The van der Waals surface area contributed by atoms with E-state index in [0.717, 1.165) is 24.2 Å². The summed E-state index contributed by atoms with van der Waals surface area (Å²) in [6.45, 7) is 8.79. The predicted molar refractivity (Wildman–Crippen MR) is 78.4 cm³/mol. The van der Waals surface area contributed by atoms with Crippen molar-refractivity contribution < 1.29 is 4.74 Å². The minimum absolute atomic E-state index is 0.0585. The van der Waals surface area contributed by atoms with Crippen molar-refractivity contribution in [2.75, 3.05) is 26.4 Å². The van der Waals surface area contributed by atoms with E-state index in [0.29, 0.717) is 18.3 Å². The average Bonchev–Trinajstić information content (AvgIpc) is 2.32. The molecule has 1 rings (SSSR count). The summed E-state index contributed by atoms with van der Waals surface area (Å²) in [4.78, 5) is 10.9. The minimum Gasteiger partial charge on any atom is -0.475 e. The second-order valence-corrected chi connectivity index (χ2v) is 5.70. The van der Waals surface area contributed by atoms with Crippen LogP contribution in [-0.4, -0.2) is 41.1 Å². The van der Waals surface area contributed by atoms with E-state index < -0.39 is 0 Å². The molecule has 0 amide bonds. The maximum Gasteiger partial charge on any atom is 0.221 e. The molecule has 0 saturated heterocycles. The molecule has 108 valence electrons. The molecule has 19 heavy (non-hydrogen) atoms. The summed E-state index contributed by atoms with van der Waals surface area (Å²) in [6, 6.07) is 0. The van der Waals surface area contributed by atoms with E-state index in [4.69, 9.17) is 10.5 Å². The van der Waals surface area contributed by atoms with Gasteiger partial charge < -0.3 is 15.4 Å². The average molecular weight is 266 g/mol. The molecule has 0 atom stereocenters. The fourth-order valence-corrected chi connectivity index (χ4v) is 1.41. The van der Waals surface area contributed by atoms with E-state index >= 15 is 0 Å². The first kappa shape index (κ1) is 15.7. The molecule has 0 aliphatic rings. The van der Waals surface area contributed by atoms with Crippen molar-refractivity contribution >= 4 is 5.82 Å². The Bertz CT molecular complexity index is 430. The summed E-state index contributed by atoms with van der Waals surface area (Å²) < 4.78 is 5.86. The number of ether oxygens (including phenoxy) is 1. The summed E-state index contributed by atoms with van der Waals surface area (Å²) in [5.74, 6) is 1.87. The van der Waals surface area contributed by atoms with E-state index in [2.05, 4.69) is 35.6 Å². The van der Waals surface area contributed by atoms with Gasteiger partial charge >= 0.3 is 0 Å². The maximum atomic E-state index is 5.91. The van der Waals surface area contributed by atoms with Gasteiger partial charge in [0.15, 0.2) is 0 Å². The lowest BCUT2D eigenvalue weighted by molar-refractivity contribution is 0.110. The third kappa shape index (κ3) is 4.06. The number of nitrogen functional groups attached to an aromatic ring is 1. The molecular formula is C14H26N4O. The maximum absolute atomic E-state index is 5.91. The lowest BCUT2D eigenvalue weighted by Gasteiger charge is -2.32. The molecule has 5 heteroatoms. The van der Waals surface area contributed by atoms with Crippen LogP contribution in [0.25, 0.3) is 0 Å². The number of nitrogens with two attached hydrogens (primary N) is 1. The smallest absolute Gasteiger partial charge is 0.221 e. The van der Waals surface area contributed by atoms with Crippen LogP contribution in [0.15, 0.2) is 0 Å². The van der Waals surface area contributed by atoms with Crippen LogP contribution < -0.4 is 10.5 Å². The lowest BCUT2D eigenvalue weighted by Crippen LogP contribution is -2.43. The van der Waals surface area contributed by atoms with Gasteiger partial charge in [-0.1, -0.05) is 6.92 Å². The van der Waals surface area contributed by atoms with Gasteiger partial charge in [-0.3, -0.25) is 0 Å². The molecule has 0 fully saturated rings. The number of rotatable bonds is 6. The Morgan fingerprint density at radius 1 is 1.26 bits per heavy atom. The van der Waals surface area contributed by atoms with Gasteiger partial charge in [-0.05, 0) is 41.3 Å². The number of hydrogen-bond donors (Lipinski definition) is 1. The largest absolute Gasteiger partial charge is 0.475 e. The Balaban J connectivity index is 2.88. The summed E-state index contributed by atoms with van der Waals surface area (Å²) in [5.41, 5.74) is 6.67. The molecule has 2 N–H and O–H groups in total. The highest BCUT2D eigenvalue weighted by atomic mass is 16.5. The van der Waals surface area contributed by atoms with Gasteiger partial charge in [0.1, 0.15) is 18.2 Å². The number of likely N-dealkylation sites (N-methyl/N-ethyl adjacent to an activating group) is 1. The first-order valence-electron chi connectivity index (χ1n) is 6.71. The Morgan fingerprint density at radius 3 is 2.42 bits per heavy atom. The first-order chi connectivity index (χ1) is 8.77. The van der Waals surface area contributed by atoms with Crippen molar-refractivity contribution in [3.63, 3.8) is 0 Å². The third-order valence-corrected chi connectivity index (χ3v) is 3.43. The van der Waals surface area contributed by atoms with Crippen molar-refractivity contribution in [1.82, 2.24) is 14.9 Å². The number of hydrogen-bond acceptors (Lipinski definition) is 5. The van der Waals surface area contributed by atoms with Crippen LogP contribution in [0.5, 0.6) is 5.88 Å². The molecule has 0 radical (unpaired) electrons. The number of aryl methyl sites for hydroxylation is 1. The standard InChI is InChI=1S/C14H26N4O/c1-7-8-11-16-12(15)10(2)13(17-11)19-9-14(3,4)18(5)6/h7-9H2,1-6H3,(H2,15,16,17). The summed E-state index contributed by atoms with van der Waals surface area (Å²) in [6.07, 6.45) is 1.81. The highest BCUT2D eigenvalue weighted by Gasteiger charge is 2.22. The molecule has 0 aromatic carbocycles. The van der Waals surface area contributed by atoms with Crippen LogP contribution in [0, 0.1) is 6.92 Å². The van der Waals surface area contributed by atoms with Gasteiger partial charge in [0.05, 0.1) is 5.56 Å². The SMILES string of the molecule is CCCc1nc(N)c(C)c(OCC(C)(C)N(C)C)n1. The molecule has 0 unspecified atom stereocenters. The van der Waals surface area contributed by atoms with Crippen molar-refractivity contribution in [2.24, 2.45) is 0 Å². The van der Waals surface area contributed by atoms with Gasteiger partial charge in [0, 0.05) is 12.0 Å². The molecule has 1 heterocycles. The van der Waals surface area contributed by atoms with E-state index in [9.17, 15) is 0 Å². The summed E-state index contributed by atoms with van der Waals surface area (Å²) in [5, 5.41) is 0. The van der Waals surface area contributed by atoms with Crippen LogP contribution in [0.1, 0.15) is 38.6 Å². The zero-order valence-electron chi connectivity index (χ0n) is 12.9. The molecule has 0 bridgehead atoms. The molecule has 0 saturated carbocycles. The van der Waals surface area contributed by atoms with Crippen molar-refractivity contribution in [2.45, 2.75) is 46.1 Å². The van der Waals surface area contributed by atoms with Crippen molar-refractivity contribution in [3.05, 3.63) is 11.4 Å². The second-order valence-electron chi connectivity index (χ2n) is 5.70. The summed E-state index contributed by atoms with van der Waals surface area (Å²) in [7, 11) is 4.07. The van der Waals surface area contributed by atoms with Gasteiger partial charge in [-0.2, -0.15) is 4.98 Å². The molecule has 0 aliphatic carbocycles. The minimum atomic E-state index is -0.0585. The second kappa shape index (κ2) is 6.19. The van der Waals surface area contributed by atoms with Crippen LogP contribution in [0.2, 0.25) is 0 Å². The molecule has 1 aromatic heterocycles. The highest BCUT2D eigenvalue weighted by molar-refractivity contribution is 5.44. The monoisotopic (exact) mass is 266 g/mol. The van der Waals surface area contributed by atoms with Crippen LogP contribution in [0.4, 0.5) is 5.82 Å². The van der Waals surface area contributed by atoms with E-state index in [-0.39, 0.29) is 5.54 Å². The Morgan fingerprint density at radius 2 is 1.89 bits per heavy atom. The third-order valence-electron chi connectivity index (χ3n) is 3.43. The normalized spacial score (nSPS) is 11.9. The summed E-state index contributed by atoms with van der Waals surface area (Å²) >= 11 is 0. The quantitative estimate of drug-likeness (QED) is 0.853. The molecule has 5 nitrogen and oxygen atoms in total. The number of nitrogens with zero attached hydrogens (tertiary/aromatic N) is 3. The fraction of sp³-hybridized carbons (Fsp3) is 0.714. The van der Waals surface area contributed by atoms with Gasteiger partial charge in [0.25, 0.3) is 0 Å². The Hall–Kier alpha value is -1.36. The van der Waals surface area contributed by atoms with E-state index in [1.54, 1.807) is 0 Å². The Labute approximate surface area is 116 Å². The zero-order valence-corrected chi connectivity index (χ0v) is 12.9. The van der Waals surface area contributed by atoms with E-state index in [1.807, 2.05) is 21.0 Å². The first-order valence-corrected chi connectivity index (χ1v) is 6.71. The zero-order chi connectivity index (χ0) is 14.6. The highest BCUT2D eigenvalue weighted by Crippen LogP contribution is 2.22. The fourth-order valence-electron chi connectivity index (χ4n) is 1.41. The van der Waals surface area contributed by atoms with Crippen LogP contribution in [-0.2, 0) is 6.42 Å². The predicted octanol–water partition coefficient (Wildman–Crippen LogP) is 2.04. The van der Waals surface area contributed by atoms with Gasteiger partial charge in [-0.25, -0.2) is 4.98 Å². The molecule has 0 aliphatic heterocycles. The molecule has 1 aromatic rings. The number of anilines is 1. The van der Waals surface area contributed by atoms with Gasteiger partial charge in [0.2, 0.25) is 5.88 Å². The van der Waals surface area contributed by atoms with Crippen LogP contribution >= 0.6 is 0 Å². The van der Waals surface area contributed by atoms with Crippen LogP contribution in [0.3, 0.4) is 0 Å². The Kier molecular flexibility index (Phi) is 5.11.